The Hall–Kier alpha value is -1.87. The minimum atomic E-state index is 0.219. The summed E-state index contributed by atoms with van der Waals surface area (Å²) in [5, 5.41) is 3.32. The molecule has 1 aromatic heterocycles. The van der Waals surface area contributed by atoms with Crippen molar-refractivity contribution in [3.05, 3.63) is 58.9 Å². The number of Topliss-reactive ketones (excluding diaryl/α,β-unsaturated/α-hetero) is 1. The quantitative estimate of drug-likeness (QED) is 0.563. The Morgan fingerprint density at radius 2 is 1.88 bits per heavy atom. The first-order chi connectivity index (χ1) is 12.2. The molecule has 1 aliphatic rings. The van der Waals surface area contributed by atoms with Gasteiger partial charge in [-0.3, -0.25) is 4.79 Å². The number of aromatic nitrogens is 1. The summed E-state index contributed by atoms with van der Waals surface area (Å²) in [6.07, 6.45) is 7.24. The van der Waals surface area contributed by atoms with Gasteiger partial charge in [0.25, 0.3) is 0 Å². The molecule has 0 spiro atoms. The number of carbonyl (C=O) groups is 1. The van der Waals surface area contributed by atoms with Crippen LogP contribution in [-0.4, -0.2) is 23.4 Å². The Morgan fingerprint density at radius 1 is 1.16 bits per heavy atom. The van der Waals surface area contributed by atoms with Gasteiger partial charge in [0, 0.05) is 23.0 Å². The molecule has 1 saturated carbocycles. The van der Waals surface area contributed by atoms with Gasteiger partial charge >= 0.3 is 0 Å². The van der Waals surface area contributed by atoms with Gasteiger partial charge in [0.2, 0.25) is 0 Å². The van der Waals surface area contributed by atoms with E-state index in [1.165, 1.54) is 36.9 Å². The van der Waals surface area contributed by atoms with Gasteiger partial charge in [0.1, 0.15) is 0 Å². The maximum Gasteiger partial charge on any atom is 0.178 e. The molecule has 3 nitrogen and oxygen atoms in total. The van der Waals surface area contributed by atoms with E-state index in [1.54, 1.807) is 0 Å². The number of ketones is 1. The van der Waals surface area contributed by atoms with Crippen molar-refractivity contribution in [2.75, 3.05) is 13.1 Å². The molecule has 25 heavy (non-hydrogen) atoms. The summed E-state index contributed by atoms with van der Waals surface area (Å²) < 4.78 is 2.40. The van der Waals surface area contributed by atoms with Crippen LogP contribution in [0.3, 0.4) is 0 Å². The van der Waals surface area contributed by atoms with E-state index in [0.717, 1.165) is 30.6 Å². The van der Waals surface area contributed by atoms with Crippen molar-refractivity contribution >= 4 is 5.78 Å². The number of rotatable bonds is 8. The summed E-state index contributed by atoms with van der Waals surface area (Å²) >= 11 is 0. The Bertz CT molecular complexity index is 696. The third-order valence-corrected chi connectivity index (χ3v) is 5.42. The smallest absolute Gasteiger partial charge is 0.178 e. The number of hydrogen-bond acceptors (Lipinski definition) is 2. The fraction of sp³-hybridized carbons (Fsp3) is 0.500. The van der Waals surface area contributed by atoms with Crippen molar-refractivity contribution in [3.8, 4) is 0 Å². The van der Waals surface area contributed by atoms with Crippen molar-refractivity contribution in [3.63, 3.8) is 0 Å². The lowest BCUT2D eigenvalue weighted by Crippen LogP contribution is -2.24. The maximum atomic E-state index is 12.6. The van der Waals surface area contributed by atoms with Crippen molar-refractivity contribution in [2.45, 2.75) is 58.4 Å². The van der Waals surface area contributed by atoms with Gasteiger partial charge in [0.05, 0.1) is 6.54 Å². The number of benzene rings is 1. The zero-order chi connectivity index (χ0) is 17.6. The molecule has 3 heteroatoms. The molecule has 0 atom stereocenters. The van der Waals surface area contributed by atoms with Gasteiger partial charge in [-0.05, 0) is 57.7 Å². The summed E-state index contributed by atoms with van der Waals surface area (Å²) in [5.41, 5.74) is 4.65. The molecule has 0 unspecified atom stereocenters. The Balaban J connectivity index is 1.49. The van der Waals surface area contributed by atoms with Crippen LogP contribution in [0.4, 0.5) is 0 Å². The van der Waals surface area contributed by atoms with Crippen LogP contribution in [0.5, 0.6) is 0 Å². The predicted octanol–water partition coefficient (Wildman–Crippen LogP) is 4.63. The highest BCUT2D eigenvalue weighted by molar-refractivity contribution is 5.99. The van der Waals surface area contributed by atoms with Gasteiger partial charge in [-0.1, -0.05) is 43.2 Å². The molecule has 0 bridgehead atoms. The second-order valence-corrected chi connectivity index (χ2v) is 7.28. The number of carbonyl (C=O) groups excluding carboxylic acids is 1. The summed E-state index contributed by atoms with van der Waals surface area (Å²) in [6, 6.07) is 13.2. The van der Waals surface area contributed by atoms with E-state index < -0.39 is 0 Å². The minimum Gasteiger partial charge on any atom is -0.345 e. The van der Waals surface area contributed by atoms with E-state index in [4.69, 9.17) is 0 Å². The van der Waals surface area contributed by atoms with Crippen LogP contribution < -0.4 is 5.32 Å². The highest BCUT2D eigenvalue weighted by atomic mass is 16.1. The monoisotopic (exact) mass is 338 g/mol. The normalized spacial score (nSPS) is 15.0. The van der Waals surface area contributed by atoms with E-state index in [0.29, 0.717) is 12.6 Å². The summed E-state index contributed by atoms with van der Waals surface area (Å²) in [6.45, 7) is 5.55. The first kappa shape index (κ1) is 17.9. The van der Waals surface area contributed by atoms with Crippen molar-refractivity contribution in [2.24, 2.45) is 0 Å². The third-order valence-electron chi connectivity index (χ3n) is 5.42. The van der Waals surface area contributed by atoms with Crippen LogP contribution in [-0.2, 0) is 6.42 Å². The zero-order valence-electron chi connectivity index (χ0n) is 15.6. The second-order valence-electron chi connectivity index (χ2n) is 7.28. The molecule has 0 saturated heterocycles. The number of nitrogens with zero attached hydrogens (tertiary/aromatic N) is 1. The van der Waals surface area contributed by atoms with Crippen LogP contribution in [0, 0.1) is 13.8 Å². The highest BCUT2D eigenvalue weighted by Gasteiger charge is 2.23. The van der Waals surface area contributed by atoms with Crippen LogP contribution in [0.25, 0.3) is 0 Å². The summed E-state index contributed by atoms with van der Waals surface area (Å²) in [4.78, 5) is 12.6. The topological polar surface area (TPSA) is 34.0 Å². The highest BCUT2D eigenvalue weighted by Crippen LogP contribution is 2.33. The van der Waals surface area contributed by atoms with Crippen LogP contribution in [0.1, 0.15) is 65.5 Å². The van der Waals surface area contributed by atoms with Crippen LogP contribution in [0.2, 0.25) is 0 Å². The molecule has 0 aliphatic heterocycles. The average Bonchev–Trinajstić information content (AvgIpc) is 3.23. The van der Waals surface area contributed by atoms with Crippen molar-refractivity contribution in [1.29, 1.82) is 0 Å². The lowest BCUT2D eigenvalue weighted by Gasteiger charge is -2.17. The van der Waals surface area contributed by atoms with Crippen LogP contribution in [0.15, 0.2) is 36.4 Å². The van der Waals surface area contributed by atoms with E-state index >= 15 is 0 Å². The largest absolute Gasteiger partial charge is 0.345 e. The van der Waals surface area contributed by atoms with Crippen LogP contribution >= 0.6 is 0 Å². The molecule has 3 rings (SSSR count). The number of nitrogens with one attached hydrogen (secondary N) is 1. The van der Waals surface area contributed by atoms with E-state index in [9.17, 15) is 4.79 Å². The molecule has 1 heterocycles. The first-order valence-corrected chi connectivity index (χ1v) is 9.63. The minimum absolute atomic E-state index is 0.219. The summed E-state index contributed by atoms with van der Waals surface area (Å²) in [5.74, 6) is 0.219. The predicted molar refractivity (Wildman–Crippen MR) is 103 cm³/mol. The van der Waals surface area contributed by atoms with E-state index in [2.05, 4.69) is 54.1 Å². The number of aryl methyl sites for hydroxylation is 2. The van der Waals surface area contributed by atoms with Gasteiger partial charge in [-0.2, -0.15) is 0 Å². The molecule has 1 N–H and O–H groups in total. The Morgan fingerprint density at radius 3 is 2.60 bits per heavy atom. The Labute approximate surface area is 151 Å². The Kier molecular flexibility index (Phi) is 6.09. The SMILES string of the molecule is Cc1cc(C(=O)CNCCCc2ccccc2)c(C)n1C1CCCC1. The first-order valence-electron chi connectivity index (χ1n) is 9.63. The molecule has 1 aromatic carbocycles. The van der Waals surface area contributed by atoms with Crippen molar-refractivity contribution in [1.82, 2.24) is 9.88 Å². The second kappa shape index (κ2) is 8.48. The molecule has 1 aliphatic carbocycles. The number of hydrogen-bond donors (Lipinski definition) is 1. The van der Waals surface area contributed by atoms with Gasteiger partial charge < -0.3 is 9.88 Å². The zero-order valence-corrected chi connectivity index (χ0v) is 15.6. The van der Waals surface area contributed by atoms with Crippen molar-refractivity contribution < 1.29 is 4.79 Å². The molecular formula is C22H30N2O. The molecule has 2 aromatic rings. The van der Waals surface area contributed by atoms with E-state index in [-0.39, 0.29) is 5.78 Å². The summed E-state index contributed by atoms with van der Waals surface area (Å²) in [7, 11) is 0. The standard InChI is InChI=1S/C22H30N2O/c1-17-15-21(18(2)24(17)20-12-6-7-13-20)22(25)16-23-14-8-11-19-9-4-3-5-10-19/h3-5,9-10,15,20,23H,6-8,11-14,16H2,1-2H3. The fourth-order valence-corrected chi connectivity index (χ4v) is 4.14. The fourth-order valence-electron chi connectivity index (χ4n) is 4.14. The van der Waals surface area contributed by atoms with Gasteiger partial charge in [0.15, 0.2) is 5.78 Å². The molecular weight excluding hydrogens is 308 g/mol. The molecule has 0 amide bonds. The molecule has 134 valence electrons. The molecule has 0 radical (unpaired) electrons. The average molecular weight is 338 g/mol. The van der Waals surface area contributed by atoms with E-state index in [1.807, 2.05) is 6.07 Å². The van der Waals surface area contributed by atoms with Gasteiger partial charge in [-0.15, -0.1) is 0 Å². The molecule has 1 fully saturated rings. The van der Waals surface area contributed by atoms with Gasteiger partial charge in [-0.25, -0.2) is 0 Å². The third kappa shape index (κ3) is 4.40. The maximum absolute atomic E-state index is 12.6. The lowest BCUT2D eigenvalue weighted by molar-refractivity contribution is 0.0990. The lowest BCUT2D eigenvalue weighted by atomic mass is 10.1.